The van der Waals surface area contributed by atoms with Gasteiger partial charge in [0.05, 0.1) is 18.5 Å². The maximum absolute atomic E-state index is 12.5. The van der Waals surface area contributed by atoms with E-state index in [9.17, 15) is 19.6 Å². The number of esters is 1. The number of carbonyl (C=O) groups excluding carboxylic acids is 3. The molecule has 1 atom stereocenters. The van der Waals surface area contributed by atoms with E-state index in [4.69, 9.17) is 4.74 Å². The first-order valence-electron chi connectivity index (χ1n) is 9.94. The van der Waals surface area contributed by atoms with Crippen molar-refractivity contribution in [3.8, 4) is 6.07 Å². The molecule has 1 saturated carbocycles. The molecule has 0 heterocycles. The zero-order valence-electron chi connectivity index (χ0n) is 17.4. The van der Waals surface area contributed by atoms with E-state index < -0.39 is 30.1 Å². The molecule has 1 aromatic carbocycles. The van der Waals surface area contributed by atoms with Gasteiger partial charge in [-0.3, -0.25) is 14.4 Å². The van der Waals surface area contributed by atoms with Crippen LogP contribution in [0.2, 0.25) is 0 Å². The van der Waals surface area contributed by atoms with Gasteiger partial charge in [-0.25, -0.2) is 0 Å². The molecular weight excluding hydrogens is 370 g/mol. The third-order valence-electron chi connectivity index (χ3n) is 5.49. The van der Waals surface area contributed by atoms with Crippen molar-refractivity contribution >= 4 is 17.8 Å². The zero-order valence-corrected chi connectivity index (χ0v) is 17.4. The van der Waals surface area contributed by atoms with E-state index >= 15 is 0 Å². The van der Waals surface area contributed by atoms with Crippen LogP contribution in [0.4, 0.5) is 0 Å². The summed E-state index contributed by atoms with van der Waals surface area (Å²) >= 11 is 0. The maximum Gasteiger partial charge on any atom is 0.308 e. The van der Waals surface area contributed by atoms with Crippen LogP contribution < -0.4 is 5.32 Å². The van der Waals surface area contributed by atoms with Crippen molar-refractivity contribution in [2.75, 3.05) is 13.7 Å². The van der Waals surface area contributed by atoms with Gasteiger partial charge in [0.2, 0.25) is 5.91 Å². The average molecular weight is 399 g/mol. The van der Waals surface area contributed by atoms with Crippen molar-refractivity contribution in [3.63, 3.8) is 0 Å². The molecule has 0 radical (unpaired) electrons. The number of amides is 2. The van der Waals surface area contributed by atoms with Gasteiger partial charge in [0.1, 0.15) is 5.54 Å². The number of aryl methyl sites for hydroxylation is 1. The lowest BCUT2D eigenvalue weighted by molar-refractivity contribution is -0.154. The van der Waals surface area contributed by atoms with E-state index in [1.165, 1.54) is 11.8 Å². The number of benzene rings is 1. The molecule has 2 rings (SSSR count). The van der Waals surface area contributed by atoms with E-state index in [1.54, 1.807) is 7.05 Å². The Hall–Kier alpha value is -2.88. The fourth-order valence-electron chi connectivity index (χ4n) is 3.66. The van der Waals surface area contributed by atoms with Crippen molar-refractivity contribution in [2.45, 2.75) is 64.0 Å². The molecular formula is C22H29N3O4. The van der Waals surface area contributed by atoms with E-state index in [-0.39, 0.29) is 12.3 Å². The number of rotatable bonds is 7. The molecule has 156 valence electrons. The van der Waals surface area contributed by atoms with Gasteiger partial charge in [0, 0.05) is 14.0 Å². The van der Waals surface area contributed by atoms with E-state index in [0.29, 0.717) is 12.8 Å². The molecule has 1 fully saturated rings. The lowest BCUT2D eigenvalue weighted by Gasteiger charge is -2.38. The van der Waals surface area contributed by atoms with Gasteiger partial charge >= 0.3 is 5.97 Å². The number of likely N-dealkylation sites (N-methyl/N-ethyl adjacent to an activating group) is 1. The van der Waals surface area contributed by atoms with Crippen LogP contribution in [0.25, 0.3) is 0 Å². The number of nitrogens with zero attached hydrogens (tertiary/aromatic N) is 2. The zero-order chi connectivity index (χ0) is 21.4. The maximum atomic E-state index is 12.5. The summed E-state index contributed by atoms with van der Waals surface area (Å²) in [5.41, 5.74) is 1.04. The number of ether oxygens (including phenoxy) is 1. The Morgan fingerprint density at radius 3 is 2.38 bits per heavy atom. The summed E-state index contributed by atoms with van der Waals surface area (Å²) in [6, 6.07) is 9.26. The molecule has 7 heteroatoms. The third kappa shape index (κ3) is 6.05. The molecule has 0 aromatic heterocycles. The Morgan fingerprint density at radius 1 is 1.21 bits per heavy atom. The lowest BCUT2D eigenvalue weighted by Crippen LogP contribution is -2.51. The molecule has 1 aromatic rings. The first-order valence-corrected chi connectivity index (χ1v) is 9.94. The Morgan fingerprint density at radius 2 is 1.83 bits per heavy atom. The molecule has 2 amide bonds. The average Bonchev–Trinajstić information content (AvgIpc) is 2.71. The SMILES string of the molecule is CC(=O)NC(CC(=O)OCC(=O)N(C)C1(C#N)CCCCC1)c1ccc(C)cc1. The van der Waals surface area contributed by atoms with Gasteiger partial charge in [-0.05, 0) is 25.3 Å². The molecule has 0 bridgehead atoms. The number of hydrogen-bond donors (Lipinski definition) is 1. The first kappa shape index (κ1) is 22.4. The van der Waals surface area contributed by atoms with Gasteiger partial charge in [0.15, 0.2) is 6.61 Å². The fourth-order valence-corrected chi connectivity index (χ4v) is 3.66. The second kappa shape index (κ2) is 10.1. The minimum Gasteiger partial charge on any atom is -0.455 e. The van der Waals surface area contributed by atoms with Crippen LogP contribution in [0.3, 0.4) is 0 Å². The fraction of sp³-hybridized carbons (Fsp3) is 0.545. The molecule has 1 unspecified atom stereocenters. The van der Waals surface area contributed by atoms with Gasteiger partial charge in [-0.2, -0.15) is 5.26 Å². The third-order valence-corrected chi connectivity index (χ3v) is 5.49. The van der Waals surface area contributed by atoms with Crippen molar-refractivity contribution in [2.24, 2.45) is 0 Å². The summed E-state index contributed by atoms with van der Waals surface area (Å²) in [6.07, 6.45) is 4.06. The Labute approximate surface area is 172 Å². The number of nitriles is 1. The van der Waals surface area contributed by atoms with Crippen LogP contribution in [-0.4, -0.2) is 41.9 Å². The lowest BCUT2D eigenvalue weighted by atomic mass is 9.81. The highest BCUT2D eigenvalue weighted by Crippen LogP contribution is 2.32. The normalized spacial score (nSPS) is 16.2. The largest absolute Gasteiger partial charge is 0.455 e. The molecule has 7 nitrogen and oxygen atoms in total. The molecule has 0 spiro atoms. The summed E-state index contributed by atoms with van der Waals surface area (Å²) < 4.78 is 5.17. The van der Waals surface area contributed by atoms with Crippen LogP contribution in [-0.2, 0) is 19.1 Å². The monoisotopic (exact) mass is 399 g/mol. The predicted octanol–water partition coefficient (Wildman–Crippen LogP) is 2.79. The number of nitrogens with one attached hydrogen (secondary N) is 1. The van der Waals surface area contributed by atoms with Crippen molar-refractivity contribution in [1.82, 2.24) is 10.2 Å². The van der Waals surface area contributed by atoms with Crippen LogP contribution in [0.5, 0.6) is 0 Å². The summed E-state index contributed by atoms with van der Waals surface area (Å²) in [6.45, 7) is 2.92. The highest BCUT2D eigenvalue weighted by atomic mass is 16.5. The Bertz CT molecular complexity index is 776. The first-order chi connectivity index (χ1) is 13.8. The second-order valence-corrected chi connectivity index (χ2v) is 7.69. The summed E-state index contributed by atoms with van der Waals surface area (Å²) in [7, 11) is 1.59. The smallest absolute Gasteiger partial charge is 0.308 e. The number of hydrogen-bond acceptors (Lipinski definition) is 5. The van der Waals surface area contributed by atoms with Crippen molar-refractivity contribution in [3.05, 3.63) is 35.4 Å². The minimum atomic E-state index is -0.817. The standard InChI is InChI=1S/C22H29N3O4/c1-16-7-9-18(10-8-16)19(24-17(2)26)13-21(28)29-14-20(27)25(3)22(15-23)11-5-4-6-12-22/h7-10,19H,4-6,11-14H2,1-3H3,(H,24,26). The molecule has 1 aliphatic carbocycles. The number of carbonyl (C=O) groups is 3. The Balaban J connectivity index is 1.95. The van der Waals surface area contributed by atoms with Crippen LogP contribution in [0.1, 0.15) is 62.6 Å². The highest BCUT2D eigenvalue weighted by molar-refractivity contribution is 5.82. The second-order valence-electron chi connectivity index (χ2n) is 7.69. The predicted molar refractivity (Wildman–Crippen MR) is 108 cm³/mol. The van der Waals surface area contributed by atoms with Crippen LogP contribution in [0.15, 0.2) is 24.3 Å². The van der Waals surface area contributed by atoms with Gasteiger partial charge in [-0.1, -0.05) is 49.1 Å². The van der Waals surface area contributed by atoms with Gasteiger partial charge < -0.3 is 15.0 Å². The quantitative estimate of drug-likeness (QED) is 0.711. The highest BCUT2D eigenvalue weighted by Gasteiger charge is 2.39. The van der Waals surface area contributed by atoms with E-state index in [2.05, 4.69) is 11.4 Å². The van der Waals surface area contributed by atoms with Crippen molar-refractivity contribution in [1.29, 1.82) is 5.26 Å². The molecule has 0 saturated heterocycles. The summed E-state index contributed by atoms with van der Waals surface area (Å²) in [5, 5.41) is 12.3. The topological polar surface area (TPSA) is 99.5 Å². The van der Waals surface area contributed by atoms with Gasteiger partial charge in [0.25, 0.3) is 5.91 Å². The van der Waals surface area contributed by atoms with Gasteiger partial charge in [-0.15, -0.1) is 0 Å². The Kier molecular flexibility index (Phi) is 7.77. The minimum absolute atomic E-state index is 0.0803. The molecule has 1 N–H and O–H groups in total. The van der Waals surface area contributed by atoms with E-state index in [0.717, 1.165) is 30.4 Å². The summed E-state index contributed by atoms with van der Waals surface area (Å²) in [4.78, 5) is 37.8. The molecule has 29 heavy (non-hydrogen) atoms. The van der Waals surface area contributed by atoms with Crippen molar-refractivity contribution < 1.29 is 19.1 Å². The molecule has 1 aliphatic rings. The summed E-state index contributed by atoms with van der Waals surface area (Å²) in [5.74, 6) is -1.23. The van der Waals surface area contributed by atoms with Crippen LogP contribution >= 0.6 is 0 Å². The van der Waals surface area contributed by atoms with E-state index in [1.807, 2.05) is 31.2 Å². The van der Waals surface area contributed by atoms with Crippen LogP contribution in [0, 0.1) is 18.3 Å². The molecule has 0 aliphatic heterocycles.